The van der Waals surface area contributed by atoms with E-state index >= 15 is 0 Å². The Bertz CT molecular complexity index is 354. The van der Waals surface area contributed by atoms with E-state index < -0.39 is 12.6 Å². The molecule has 148 valence electrons. The summed E-state index contributed by atoms with van der Waals surface area (Å²) in [5.41, 5.74) is 0. The number of unbranched alkanes of at least 4 members (excludes halogenated alkanes) is 9. The largest absolute Gasteiger partial charge is 0.469 e. The lowest BCUT2D eigenvalue weighted by Crippen LogP contribution is -2.06. The SMILES string of the molecule is COC(=O)CCCCCCCCC(=O)CCCCCCCC(F)(F)F. The summed E-state index contributed by atoms with van der Waals surface area (Å²) in [6.07, 6.45) is 6.02. The quantitative estimate of drug-likeness (QED) is 0.243. The van der Waals surface area contributed by atoms with Crippen molar-refractivity contribution in [2.24, 2.45) is 0 Å². The van der Waals surface area contributed by atoms with Crippen molar-refractivity contribution in [2.75, 3.05) is 7.11 Å². The number of alkyl halides is 3. The molecule has 0 bridgehead atoms. The van der Waals surface area contributed by atoms with E-state index in [1.54, 1.807) is 0 Å². The van der Waals surface area contributed by atoms with Crippen LogP contribution < -0.4 is 0 Å². The van der Waals surface area contributed by atoms with Gasteiger partial charge in [0.2, 0.25) is 0 Å². The third kappa shape index (κ3) is 19.1. The van der Waals surface area contributed by atoms with Gasteiger partial charge in [-0.05, 0) is 25.7 Å². The van der Waals surface area contributed by atoms with Crippen LogP contribution in [0.2, 0.25) is 0 Å². The van der Waals surface area contributed by atoms with Crippen molar-refractivity contribution in [3.8, 4) is 0 Å². The predicted molar refractivity (Wildman–Crippen MR) is 92.3 cm³/mol. The number of ether oxygens (including phenoxy) is 1. The lowest BCUT2D eigenvalue weighted by Gasteiger charge is -2.05. The molecule has 0 radical (unpaired) electrons. The highest BCUT2D eigenvalue weighted by molar-refractivity contribution is 5.78. The number of carbonyl (C=O) groups excluding carboxylic acids is 2. The second kappa shape index (κ2) is 15.2. The van der Waals surface area contributed by atoms with Crippen LogP contribution in [0, 0.1) is 0 Å². The fourth-order valence-corrected chi connectivity index (χ4v) is 2.70. The highest BCUT2D eigenvalue weighted by atomic mass is 19.4. The van der Waals surface area contributed by atoms with Gasteiger partial charge in [0.25, 0.3) is 0 Å². The van der Waals surface area contributed by atoms with Gasteiger partial charge in [-0.3, -0.25) is 9.59 Å². The normalized spacial score (nSPS) is 11.5. The van der Waals surface area contributed by atoms with E-state index in [4.69, 9.17) is 0 Å². The molecule has 0 N–H and O–H groups in total. The molecule has 0 amide bonds. The Kier molecular flexibility index (Phi) is 14.6. The van der Waals surface area contributed by atoms with Crippen molar-refractivity contribution in [1.82, 2.24) is 0 Å². The fraction of sp³-hybridized carbons (Fsp3) is 0.895. The monoisotopic (exact) mass is 366 g/mol. The Morgan fingerprint density at radius 1 is 0.680 bits per heavy atom. The topological polar surface area (TPSA) is 43.4 Å². The summed E-state index contributed by atoms with van der Waals surface area (Å²) in [7, 11) is 1.40. The first-order valence-corrected chi connectivity index (χ1v) is 9.50. The smallest absolute Gasteiger partial charge is 0.389 e. The molecular formula is C19H33F3O3. The average Bonchev–Trinajstić information content (AvgIpc) is 2.55. The number of rotatable bonds is 16. The highest BCUT2D eigenvalue weighted by Crippen LogP contribution is 2.23. The number of halogens is 3. The molecule has 0 aliphatic carbocycles. The van der Waals surface area contributed by atoms with Crippen LogP contribution in [-0.2, 0) is 14.3 Å². The van der Waals surface area contributed by atoms with Crippen LogP contribution >= 0.6 is 0 Å². The van der Waals surface area contributed by atoms with E-state index in [-0.39, 0.29) is 18.2 Å². The average molecular weight is 366 g/mol. The van der Waals surface area contributed by atoms with Gasteiger partial charge >= 0.3 is 12.1 Å². The maximum atomic E-state index is 12.0. The Morgan fingerprint density at radius 3 is 1.52 bits per heavy atom. The van der Waals surface area contributed by atoms with Gasteiger partial charge in [0.15, 0.2) is 0 Å². The number of methoxy groups -OCH3 is 1. The van der Waals surface area contributed by atoms with Crippen LogP contribution in [0.1, 0.15) is 96.3 Å². The van der Waals surface area contributed by atoms with Gasteiger partial charge in [-0.25, -0.2) is 0 Å². The van der Waals surface area contributed by atoms with Gasteiger partial charge in [-0.2, -0.15) is 13.2 Å². The molecule has 0 fully saturated rings. The zero-order chi connectivity index (χ0) is 19.0. The summed E-state index contributed by atoms with van der Waals surface area (Å²) in [6, 6.07) is 0. The summed E-state index contributed by atoms with van der Waals surface area (Å²) < 4.78 is 40.4. The Labute approximate surface area is 149 Å². The van der Waals surface area contributed by atoms with Gasteiger partial charge < -0.3 is 4.74 Å². The maximum Gasteiger partial charge on any atom is 0.389 e. The number of Topliss-reactive ketones (excluding diaryl/α,β-unsaturated/α-hetero) is 1. The van der Waals surface area contributed by atoms with Gasteiger partial charge in [0.1, 0.15) is 5.78 Å². The number of carbonyl (C=O) groups is 2. The van der Waals surface area contributed by atoms with Crippen LogP contribution in [0.15, 0.2) is 0 Å². The van der Waals surface area contributed by atoms with Crippen molar-refractivity contribution in [3.05, 3.63) is 0 Å². The standard InChI is InChI=1S/C19H33F3O3/c1-25-18(24)15-11-7-3-2-5-9-13-17(23)14-10-6-4-8-12-16-19(20,21)22/h2-16H2,1H3. The molecule has 0 aromatic carbocycles. The van der Waals surface area contributed by atoms with Crippen LogP contribution in [0.5, 0.6) is 0 Å². The van der Waals surface area contributed by atoms with Crippen molar-refractivity contribution in [2.45, 2.75) is 102 Å². The second-order valence-corrected chi connectivity index (χ2v) is 6.62. The molecule has 0 saturated heterocycles. The van der Waals surface area contributed by atoms with E-state index in [0.717, 1.165) is 57.8 Å². The molecule has 0 aliphatic rings. The van der Waals surface area contributed by atoms with Crippen molar-refractivity contribution < 1.29 is 27.5 Å². The third-order valence-corrected chi connectivity index (χ3v) is 4.23. The molecule has 0 aliphatic heterocycles. The molecule has 6 heteroatoms. The van der Waals surface area contributed by atoms with Gasteiger partial charge in [-0.1, -0.05) is 44.9 Å². The lowest BCUT2D eigenvalue weighted by atomic mass is 10.0. The first-order valence-electron chi connectivity index (χ1n) is 9.50. The summed E-state index contributed by atoms with van der Waals surface area (Å²) in [6.45, 7) is 0. The van der Waals surface area contributed by atoms with E-state index in [1.165, 1.54) is 7.11 Å². The summed E-state index contributed by atoms with van der Waals surface area (Å²) >= 11 is 0. The van der Waals surface area contributed by atoms with E-state index in [9.17, 15) is 22.8 Å². The Morgan fingerprint density at radius 2 is 1.08 bits per heavy atom. The van der Waals surface area contributed by atoms with Crippen LogP contribution in [0.25, 0.3) is 0 Å². The molecule has 0 saturated carbocycles. The molecule has 0 spiro atoms. The molecule has 0 unspecified atom stereocenters. The highest BCUT2D eigenvalue weighted by Gasteiger charge is 2.25. The van der Waals surface area contributed by atoms with Crippen LogP contribution in [-0.4, -0.2) is 25.0 Å². The van der Waals surface area contributed by atoms with Gasteiger partial charge in [0, 0.05) is 25.7 Å². The zero-order valence-electron chi connectivity index (χ0n) is 15.5. The molecule has 0 atom stereocenters. The van der Waals surface area contributed by atoms with Crippen LogP contribution in [0.3, 0.4) is 0 Å². The molecule has 0 aromatic rings. The Balaban J connectivity index is 3.27. The summed E-state index contributed by atoms with van der Waals surface area (Å²) in [5.74, 6) is 0.104. The summed E-state index contributed by atoms with van der Waals surface area (Å²) in [4.78, 5) is 22.6. The number of ketones is 1. The van der Waals surface area contributed by atoms with Gasteiger partial charge in [-0.15, -0.1) is 0 Å². The summed E-state index contributed by atoms with van der Waals surface area (Å²) in [5, 5.41) is 0. The van der Waals surface area contributed by atoms with Crippen molar-refractivity contribution in [1.29, 1.82) is 0 Å². The van der Waals surface area contributed by atoms with E-state index in [2.05, 4.69) is 4.74 Å². The third-order valence-electron chi connectivity index (χ3n) is 4.23. The molecule has 3 nitrogen and oxygen atoms in total. The molecular weight excluding hydrogens is 333 g/mol. The minimum absolute atomic E-state index is 0.161. The van der Waals surface area contributed by atoms with Crippen LogP contribution in [0.4, 0.5) is 13.2 Å². The number of hydrogen-bond donors (Lipinski definition) is 0. The predicted octanol–water partition coefficient (Wildman–Crippen LogP) is 6.14. The lowest BCUT2D eigenvalue weighted by molar-refractivity contribution is -0.140. The Hall–Kier alpha value is -1.07. The number of hydrogen-bond acceptors (Lipinski definition) is 3. The van der Waals surface area contributed by atoms with E-state index in [0.29, 0.717) is 25.7 Å². The van der Waals surface area contributed by atoms with Gasteiger partial charge in [0.05, 0.1) is 7.11 Å². The first-order chi connectivity index (χ1) is 11.8. The van der Waals surface area contributed by atoms with Crippen molar-refractivity contribution >= 4 is 11.8 Å². The second-order valence-electron chi connectivity index (χ2n) is 6.62. The first kappa shape index (κ1) is 23.9. The minimum Gasteiger partial charge on any atom is -0.469 e. The van der Waals surface area contributed by atoms with E-state index in [1.807, 2.05) is 0 Å². The molecule has 0 rings (SSSR count). The molecule has 0 aromatic heterocycles. The van der Waals surface area contributed by atoms with Crippen molar-refractivity contribution in [3.63, 3.8) is 0 Å². The zero-order valence-corrected chi connectivity index (χ0v) is 15.5. The number of esters is 1. The molecule has 0 heterocycles. The molecule has 25 heavy (non-hydrogen) atoms. The fourth-order valence-electron chi connectivity index (χ4n) is 2.70. The maximum absolute atomic E-state index is 12.0. The minimum atomic E-state index is -4.04.